The van der Waals surface area contributed by atoms with Crippen LogP contribution in [-0.2, 0) is 13.6 Å². The highest BCUT2D eigenvalue weighted by molar-refractivity contribution is 5.76. The number of nitrogens with zero attached hydrogens (tertiary/aromatic N) is 5. The Bertz CT molecular complexity index is 1460. The van der Waals surface area contributed by atoms with Crippen molar-refractivity contribution in [3.63, 3.8) is 0 Å². The van der Waals surface area contributed by atoms with Gasteiger partial charge in [0.2, 0.25) is 0 Å². The summed E-state index contributed by atoms with van der Waals surface area (Å²) in [5.74, 6) is 0.295. The molecule has 8 nitrogen and oxygen atoms in total. The second-order valence-electron chi connectivity index (χ2n) is 9.37. The van der Waals surface area contributed by atoms with Gasteiger partial charge in [-0.25, -0.2) is 0 Å². The van der Waals surface area contributed by atoms with Gasteiger partial charge in [0.15, 0.2) is 0 Å². The Morgan fingerprint density at radius 1 is 1.08 bits per heavy atom. The molecule has 2 aliphatic rings. The van der Waals surface area contributed by atoms with Crippen molar-refractivity contribution in [3.8, 4) is 5.75 Å². The number of aromatic nitrogens is 3. The van der Waals surface area contributed by atoms with Gasteiger partial charge in [0.25, 0.3) is 11.5 Å². The van der Waals surface area contributed by atoms with Crippen LogP contribution in [0.4, 0.5) is 19.0 Å². The second kappa shape index (κ2) is 9.09. The van der Waals surface area contributed by atoms with Gasteiger partial charge in [0.1, 0.15) is 11.3 Å². The van der Waals surface area contributed by atoms with Crippen molar-refractivity contribution in [2.75, 3.05) is 13.1 Å². The number of likely N-dealkylation sites (tertiary alicyclic amines) is 1. The van der Waals surface area contributed by atoms with Gasteiger partial charge >= 0.3 is 17.5 Å². The van der Waals surface area contributed by atoms with Crippen LogP contribution in [0.2, 0.25) is 0 Å². The number of hydrogen-bond acceptors (Lipinski definition) is 5. The lowest BCUT2D eigenvalue weighted by atomic mass is 10.0. The summed E-state index contributed by atoms with van der Waals surface area (Å²) in [6, 6.07) is 7.37. The molecule has 1 aliphatic carbocycles. The highest BCUT2D eigenvalue weighted by Gasteiger charge is 2.32. The number of halogens is 3. The average molecular weight is 499 g/mol. The first-order valence-electron chi connectivity index (χ1n) is 11.8. The molecule has 1 aliphatic heterocycles. The largest absolute Gasteiger partial charge is 0.573 e. The molecule has 0 N–H and O–H groups in total. The number of alkyl halides is 3. The average Bonchev–Trinajstić information content (AvgIpc) is 3.69. The Morgan fingerprint density at radius 3 is 2.33 bits per heavy atom. The molecule has 0 unspecified atom stereocenters. The van der Waals surface area contributed by atoms with Gasteiger partial charge in [-0.1, -0.05) is 23.7 Å². The number of benzene rings is 1. The van der Waals surface area contributed by atoms with Crippen molar-refractivity contribution in [2.45, 2.75) is 50.6 Å². The van der Waals surface area contributed by atoms with Crippen LogP contribution in [0.1, 0.15) is 48.8 Å². The summed E-state index contributed by atoms with van der Waals surface area (Å²) in [7, 11) is 1.56. The van der Waals surface area contributed by atoms with Crippen LogP contribution < -0.4 is 15.9 Å². The lowest BCUT2D eigenvalue weighted by Crippen LogP contribution is -2.45. The molecule has 2 aromatic heterocycles. The van der Waals surface area contributed by atoms with E-state index in [2.05, 4.69) is 19.5 Å². The summed E-state index contributed by atoms with van der Waals surface area (Å²) in [5.41, 5.74) is 1.32. The molecular weight excluding hydrogens is 475 g/mol. The minimum atomic E-state index is -4.73. The number of ether oxygens (including phenoxy) is 1. The van der Waals surface area contributed by atoms with Gasteiger partial charge in [0, 0.05) is 32.7 Å². The smallest absolute Gasteiger partial charge is 0.406 e. The van der Waals surface area contributed by atoms with Crippen LogP contribution >= 0.6 is 0 Å². The van der Waals surface area contributed by atoms with Gasteiger partial charge in [-0.3, -0.25) is 19.1 Å². The summed E-state index contributed by atoms with van der Waals surface area (Å²) >= 11 is 0. The second-order valence-corrected chi connectivity index (χ2v) is 9.37. The molecular formula is C25H24F3N5O3. The van der Waals surface area contributed by atoms with Crippen molar-refractivity contribution in [1.29, 1.82) is 0 Å². The molecule has 11 heteroatoms. The molecule has 188 valence electrons. The lowest BCUT2D eigenvalue weighted by Gasteiger charge is -2.32. The summed E-state index contributed by atoms with van der Waals surface area (Å²) < 4.78 is 43.8. The fourth-order valence-corrected chi connectivity index (χ4v) is 4.89. The van der Waals surface area contributed by atoms with E-state index in [0.29, 0.717) is 43.6 Å². The highest BCUT2D eigenvalue weighted by atomic mass is 19.4. The van der Waals surface area contributed by atoms with E-state index < -0.39 is 17.5 Å². The standard InChI is InChI=1S/C25H24F3N5O3/c1-29-21-19(16-5-6-16)13-20-22(30-21)33(24(35)23(34)31(20)2)17-9-11-32(12-10-17)14-15-3-7-18(8-4-15)36-25(26,27)28/h3-4,7-8,13,16-17H,5-6,9-12,14H2,2H3. The molecule has 0 atom stereocenters. The van der Waals surface area contributed by atoms with Crippen LogP contribution in [0, 0.1) is 6.57 Å². The minimum Gasteiger partial charge on any atom is -0.406 e. The van der Waals surface area contributed by atoms with Gasteiger partial charge in [-0.05, 0) is 60.9 Å². The van der Waals surface area contributed by atoms with Crippen molar-refractivity contribution in [2.24, 2.45) is 7.05 Å². The van der Waals surface area contributed by atoms with Crippen molar-refractivity contribution in [3.05, 3.63) is 73.6 Å². The zero-order valence-corrected chi connectivity index (χ0v) is 19.6. The SMILES string of the molecule is [C-]#[N+]c1nc2c(cc1C1CC1)n(C)c(=O)c(=O)n2C1CCN(Cc2ccc(OC(F)(F)F)cc2)CC1. The van der Waals surface area contributed by atoms with Crippen molar-refractivity contribution < 1.29 is 17.9 Å². The fourth-order valence-electron chi connectivity index (χ4n) is 4.89. The molecule has 1 aromatic carbocycles. The third-order valence-electron chi connectivity index (χ3n) is 6.90. The number of piperidine rings is 1. The Balaban J connectivity index is 1.36. The zero-order chi connectivity index (χ0) is 25.6. The predicted octanol–water partition coefficient (Wildman–Crippen LogP) is 4.26. The predicted molar refractivity (Wildman–Crippen MR) is 126 cm³/mol. The van der Waals surface area contributed by atoms with E-state index in [9.17, 15) is 22.8 Å². The van der Waals surface area contributed by atoms with Crippen LogP contribution in [0.25, 0.3) is 16.0 Å². The Labute approximate surface area is 204 Å². The fraction of sp³-hybridized carbons (Fsp3) is 0.440. The van der Waals surface area contributed by atoms with Gasteiger partial charge in [-0.2, -0.15) is 0 Å². The molecule has 0 bridgehead atoms. The van der Waals surface area contributed by atoms with Crippen LogP contribution in [0.3, 0.4) is 0 Å². The first-order chi connectivity index (χ1) is 17.1. The lowest BCUT2D eigenvalue weighted by molar-refractivity contribution is -0.274. The number of pyridine rings is 1. The molecule has 1 saturated carbocycles. The van der Waals surface area contributed by atoms with E-state index >= 15 is 0 Å². The number of rotatable bonds is 5. The van der Waals surface area contributed by atoms with E-state index in [1.165, 1.54) is 21.3 Å². The quantitative estimate of drug-likeness (QED) is 0.388. The van der Waals surface area contributed by atoms with E-state index in [1.54, 1.807) is 19.2 Å². The summed E-state index contributed by atoms with van der Waals surface area (Å²) in [4.78, 5) is 36.1. The maximum absolute atomic E-state index is 13.0. The Hall–Kier alpha value is -3.65. The van der Waals surface area contributed by atoms with Gasteiger partial charge in [-0.15, -0.1) is 13.2 Å². The molecule has 0 spiro atoms. The van der Waals surface area contributed by atoms with Gasteiger partial charge < -0.3 is 14.1 Å². The molecule has 0 radical (unpaired) electrons. The van der Waals surface area contributed by atoms with E-state index in [0.717, 1.165) is 24.0 Å². The Morgan fingerprint density at radius 2 is 1.75 bits per heavy atom. The minimum absolute atomic E-state index is 0.245. The van der Waals surface area contributed by atoms with Crippen molar-refractivity contribution in [1.82, 2.24) is 19.0 Å². The maximum Gasteiger partial charge on any atom is 0.573 e. The van der Waals surface area contributed by atoms with Crippen molar-refractivity contribution >= 4 is 17.0 Å². The van der Waals surface area contributed by atoms with E-state index in [-0.39, 0.29) is 23.5 Å². The van der Waals surface area contributed by atoms with Crippen LogP contribution in [0.15, 0.2) is 39.9 Å². The summed E-state index contributed by atoms with van der Waals surface area (Å²) in [5, 5.41) is 0. The van der Waals surface area contributed by atoms with E-state index in [4.69, 9.17) is 6.57 Å². The molecule has 3 heterocycles. The molecule has 36 heavy (non-hydrogen) atoms. The van der Waals surface area contributed by atoms with Gasteiger partial charge in [0.05, 0.1) is 0 Å². The molecule has 0 amide bonds. The monoisotopic (exact) mass is 499 g/mol. The molecule has 3 aromatic rings. The number of hydrogen-bond donors (Lipinski definition) is 0. The Kier molecular flexibility index (Phi) is 6.08. The number of fused-ring (bicyclic) bond motifs is 1. The zero-order valence-electron chi connectivity index (χ0n) is 19.6. The molecule has 5 rings (SSSR count). The number of aryl methyl sites for hydroxylation is 1. The topological polar surface area (TPSA) is 73.7 Å². The third kappa shape index (κ3) is 4.73. The third-order valence-corrected chi connectivity index (χ3v) is 6.90. The molecule has 1 saturated heterocycles. The maximum atomic E-state index is 13.0. The normalized spacial score (nSPS) is 17.3. The van der Waals surface area contributed by atoms with Crippen LogP contribution in [0.5, 0.6) is 5.75 Å². The first-order valence-corrected chi connectivity index (χ1v) is 11.8. The summed E-state index contributed by atoms with van der Waals surface area (Å²) in [6.07, 6.45) is -1.57. The molecule has 2 fully saturated rings. The summed E-state index contributed by atoms with van der Waals surface area (Å²) in [6.45, 7) is 9.37. The highest BCUT2D eigenvalue weighted by Crippen LogP contribution is 2.44. The van der Waals surface area contributed by atoms with E-state index in [1.807, 2.05) is 6.07 Å². The first kappa shape index (κ1) is 24.1. The van der Waals surface area contributed by atoms with Crippen LogP contribution in [-0.4, -0.2) is 38.5 Å².